The van der Waals surface area contributed by atoms with E-state index in [-0.39, 0.29) is 28.5 Å². The van der Waals surface area contributed by atoms with Crippen LogP contribution in [0.5, 0.6) is 0 Å². The smallest absolute Gasteiger partial charge is 0.173 e. The third kappa shape index (κ3) is 1.76. The van der Waals surface area contributed by atoms with Gasteiger partial charge in [-0.15, -0.1) is 0 Å². The lowest BCUT2D eigenvalue weighted by molar-refractivity contribution is -0.377. The predicted molar refractivity (Wildman–Crippen MR) is 98.4 cm³/mol. The molecule has 2 saturated heterocycles. The van der Waals surface area contributed by atoms with Gasteiger partial charge in [-0.25, -0.2) is 0 Å². The number of methoxy groups -OCH3 is 1. The molecule has 146 valence electrons. The molecule has 0 amide bonds. The zero-order valence-corrected chi connectivity index (χ0v) is 16.7. The quantitative estimate of drug-likeness (QED) is 0.702. The van der Waals surface area contributed by atoms with Crippen molar-refractivity contribution in [3.05, 3.63) is 11.1 Å². The van der Waals surface area contributed by atoms with Crippen molar-refractivity contribution in [1.29, 1.82) is 0 Å². The first-order valence-electron chi connectivity index (χ1n) is 10.5. The maximum absolute atomic E-state index is 11.3. The van der Waals surface area contributed by atoms with Gasteiger partial charge >= 0.3 is 0 Å². The van der Waals surface area contributed by atoms with Crippen molar-refractivity contribution in [2.24, 2.45) is 28.1 Å². The second-order valence-electron chi connectivity index (χ2n) is 10.5. The molecule has 7 atom stereocenters. The molecule has 4 heteroatoms. The number of rotatable bonds is 1. The minimum Gasteiger partial charge on any atom is -0.393 e. The van der Waals surface area contributed by atoms with Gasteiger partial charge in [0.05, 0.1) is 18.8 Å². The van der Waals surface area contributed by atoms with Gasteiger partial charge in [-0.05, 0) is 55.9 Å². The Bertz CT molecular complexity index is 657. The molecule has 1 spiro atoms. The zero-order chi connectivity index (χ0) is 18.5. The third-order valence-corrected chi connectivity index (χ3v) is 9.66. The molecular weight excluding hydrogens is 328 g/mol. The highest BCUT2D eigenvalue weighted by atomic mass is 16.7. The van der Waals surface area contributed by atoms with Crippen LogP contribution in [-0.4, -0.2) is 41.9 Å². The SMILES string of the molecule is COC12CCC3(CO1)C1=C(C(O)CC3C2(C)C)C2CCC(O)C2(C)CC1. The van der Waals surface area contributed by atoms with Gasteiger partial charge in [-0.1, -0.05) is 26.3 Å². The number of hydrogen-bond acceptors (Lipinski definition) is 4. The number of aliphatic hydroxyl groups is 2. The van der Waals surface area contributed by atoms with Gasteiger partial charge in [0, 0.05) is 29.8 Å². The van der Waals surface area contributed by atoms with Gasteiger partial charge in [0.15, 0.2) is 5.79 Å². The Morgan fingerprint density at radius 1 is 1.08 bits per heavy atom. The fourth-order valence-electron chi connectivity index (χ4n) is 8.05. The van der Waals surface area contributed by atoms with Gasteiger partial charge in [-0.2, -0.15) is 0 Å². The molecule has 6 aliphatic rings. The van der Waals surface area contributed by atoms with E-state index in [0.29, 0.717) is 11.8 Å². The summed E-state index contributed by atoms with van der Waals surface area (Å²) in [7, 11) is 1.77. The number of ether oxygens (including phenoxy) is 2. The van der Waals surface area contributed by atoms with Crippen LogP contribution in [0.25, 0.3) is 0 Å². The number of hydrogen-bond donors (Lipinski definition) is 2. The first-order valence-corrected chi connectivity index (χ1v) is 10.5. The summed E-state index contributed by atoms with van der Waals surface area (Å²) < 4.78 is 12.4. The predicted octanol–water partition coefficient (Wildman–Crippen LogP) is 3.41. The number of aliphatic hydroxyl groups excluding tert-OH is 2. The Morgan fingerprint density at radius 2 is 1.85 bits per heavy atom. The molecule has 0 aromatic carbocycles. The van der Waals surface area contributed by atoms with Crippen LogP contribution in [0.4, 0.5) is 0 Å². The first kappa shape index (κ1) is 17.7. The summed E-state index contributed by atoms with van der Waals surface area (Å²) in [4.78, 5) is 0. The highest BCUT2D eigenvalue weighted by Crippen LogP contribution is 2.71. The normalized spacial score (nSPS) is 54.7. The number of fused-ring (bicyclic) bond motifs is 4. The van der Waals surface area contributed by atoms with Crippen molar-refractivity contribution in [3.63, 3.8) is 0 Å². The Balaban J connectivity index is 1.65. The van der Waals surface area contributed by atoms with Crippen molar-refractivity contribution in [3.8, 4) is 0 Å². The topological polar surface area (TPSA) is 58.9 Å². The molecule has 0 aromatic rings. The van der Waals surface area contributed by atoms with Crippen LogP contribution in [0.3, 0.4) is 0 Å². The van der Waals surface area contributed by atoms with Gasteiger partial charge in [0.25, 0.3) is 0 Å². The molecule has 7 unspecified atom stereocenters. The van der Waals surface area contributed by atoms with Crippen LogP contribution in [0.1, 0.15) is 65.7 Å². The van der Waals surface area contributed by atoms with E-state index < -0.39 is 5.79 Å². The van der Waals surface area contributed by atoms with Crippen LogP contribution >= 0.6 is 0 Å². The molecule has 2 N–H and O–H groups in total. The van der Waals surface area contributed by atoms with Gasteiger partial charge in [0.2, 0.25) is 0 Å². The van der Waals surface area contributed by atoms with E-state index in [1.54, 1.807) is 7.11 Å². The molecule has 2 heterocycles. The second-order valence-corrected chi connectivity index (χ2v) is 10.5. The van der Waals surface area contributed by atoms with E-state index in [2.05, 4.69) is 20.8 Å². The summed E-state index contributed by atoms with van der Waals surface area (Å²) in [5.41, 5.74) is 2.67. The molecule has 26 heavy (non-hydrogen) atoms. The average Bonchev–Trinajstić information content (AvgIpc) is 2.92. The van der Waals surface area contributed by atoms with Gasteiger partial charge in [-0.3, -0.25) is 0 Å². The Kier molecular flexibility index (Phi) is 3.49. The van der Waals surface area contributed by atoms with Crippen LogP contribution in [-0.2, 0) is 9.47 Å². The summed E-state index contributed by atoms with van der Waals surface area (Å²) in [5.74, 6) is 0.219. The van der Waals surface area contributed by atoms with Gasteiger partial charge in [0.1, 0.15) is 0 Å². The second kappa shape index (κ2) is 5.14. The Labute approximate surface area is 156 Å². The maximum Gasteiger partial charge on any atom is 0.173 e. The highest BCUT2D eigenvalue weighted by molar-refractivity contribution is 5.40. The Hall–Kier alpha value is -0.420. The van der Waals surface area contributed by atoms with E-state index in [9.17, 15) is 10.2 Å². The van der Waals surface area contributed by atoms with Crippen LogP contribution in [0.15, 0.2) is 11.1 Å². The van der Waals surface area contributed by atoms with Crippen molar-refractivity contribution >= 4 is 0 Å². The van der Waals surface area contributed by atoms with Crippen LogP contribution < -0.4 is 0 Å². The lowest BCUT2D eigenvalue weighted by Crippen LogP contribution is -2.69. The molecule has 2 aliphatic heterocycles. The first-order chi connectivity index (χ1) is 12.2. The zero-order valence-electron chi connectivity index (χ0n) is 16.7. The fraction of sp³-hybridized carbons (Fsp3) is 0.909. The van der Waals surface area contributed by atoms with Gasteiger partial charge < -0.3 is 19.7 Å². The minimum atomic E-state index is -0.510. The Morgan fingerprint density at radius 3 is 2.50 bits per heavy atom. The summed E-state index contributed by atoms with van der Waals surface area (Å²) in [6, 6.07) is 0. The van der Waals surface area contributed by atoms with E-state index in [4.69, 9.17) is 9.47 Å². The molecule has 2 bridgehead atoms. The highest BCUT2D eigenvalue weighted by Gasteiger charge is 2.70. The summed E-state index contributed by atoms with van der Waals surface area (Å²) >= 11 is 0. The van der Waals surface area contributed by atoms with Crippen molar-refractivity contribution < 1.29 is 19.7 Å². The molecule has 4 nitrogen and oxygen atoms in total. The monoisotopic (exact) mass is 362 g/mol. The van der Waals surface area contributed by atoms with E-state index in [1.807, 2.05) is 0 Å². The van der Waals surface area contributed by atoms with E-state index >= 15 is 0 Å². The molecule has 0 radical (unpaired) electrons. The molecule has 4 fully saturated rings. The lowest BCUT2D eigenvalue weighted by atomic mass is 9.43. The van der Waals surface area contributed by atoms with Crippen molar-refractivity contribution in [2.45, 2.75) is 83.7 Å². The van der Waals surface area contributed by atoms with E-state index in [1.165, 1.54) is 11.1 Å². The molecule has 0 aromatic heterocycles. The maximum atomic E-state index is 11.3. The molecule has 4 aliphatic carbocycles. The van der Waals surface area contributed by atoms with Crippen LogP contribution in [0, 0.1) is 28.1 Å². The lowest BCUT2D eigenvalue weighted by Gasteiger charge is -2.69. The molecular formula is C22H34O4. The van der Waals surface area contributed by atoms with Crippen molar-refractivity contribution in [1.82, 2.24) is 0 Å². The van der Waals surface area contributed by atoms with E-state index in [0.717, 1.165) is 51.6 Å². The van der Waals surface area contributed by atoms with Crippen LogP contribution in [0.2, 0.25) is 0 Å². The van der Waals surface area contributed by atoms with Crippen molar-refractivity contribution in [2.75, 3.05) is 13.7 Å². The third-order valence-electron chi connectivity index (χ3n) is 9.66. The summed E-state index contributed by atoms with van der Waals surface area (Å²) in [5, 5.41) is 21.9. The summed E-state index contributed by atoms with van der Waals surface area (Å²) in [6.07, 6.45) is 6.18. The minimum absolute atomic E-state index is 0.0563. The molecule has 2 saturated carbocycles. The average molecular weight is 363 g/mol. The standard InChI is InChI=1S/C22H34O4/c1-19(2)16-11-15(23)18-13-5-6-17(24)20(13,3)8-7-14(18)21(16)9-10-22(19,25-4)26-12-21/h13,15-17,23-24H,5-12H2,1-4H3. The summed E-state index contributed by atoms with van der Waals surface area (Å²) in [6.45, 7) is 7.53. The molecule has 6 rings (SSSR count). The fourth-order valence-corrected chi connectivity index (χ4v) is 8.05. The largest absolute Gasteiger partial charge is 0.393 e.